The van der Waals surface area contributed by atoms with E-state index in [4.69, 9.17) is 4.74 Å². The van der Waals surface area contributed by atoms with Gasteiger partial charge in [0.2, 0.25) is 11.8 Å². The summed E-state index contributed by atoms with van der Waals surface area (Å²) >= 11 is 0. The number of amides is 3. The fourth-order valence-corrected chi connectivity index (χ4v) is 8.06. The van der Waals surface area contributed by atoms with Gasteiger partial charge in [-0.05, 0) is 69.2 Å². The van der Waals surface area contributed by atoms with Crippen LogP contribution in [-0.2, 0) is 19.1 Å². The second kappa shape index (κ2) is 12.3. The van der Waals surface area contributed by atoms with E-state index in [2.05, 4.69) is 20.1 Å². The van der Waals surface area contributed by atoms with Crippen LogP contribution in [0.25, 0.3) is 0 Å². The van der Waals surface area contributed by atoms with Crippen LogP contribution in [0.1, 0.15) is 44.2 Å². The lowest BCUT2D eigenvalue weighted by molar-refractivity contribution is -0.145. The van der Waals surface area contributed by atoms with Crippen molar-refractivity contribution in [2.24, 2.45) is 17.8 Å². The average Bonchev–Trinajstić information content (AvgIpc) is 3.51. The Balaban J connectivity index is 1.63. The lowest BCUT2D eigenvalue weighted by Crippen LogP contribution is -2.57. The van der Waals surface area contributed by atoms with Crippen LogP contribution < -0.4 is 9.80 Å². The second-order valence-electron chi connectivity index (χ2n) is 12.7. The average molecular weight is 600 g/mol. The number of aliphatic hydroxyl groups excluding tert-OH is 1. The molecule has 2 aromatic carbocycles. The SMILES string of the molecule is C=CCN(C(=O)[C@@H]1[C@H]2C(=O)N(CCCCO)C(C(=O)N(CC=C)c3c(C)cccc3C)C23CC(C)[C@@]1(C)O3)c1ccccc1. The highest BCUT2D eigenvalue weighted by atomic mass is 16.5. The minimum absolute atomic E-state index is 0.0134. The quantitative estimate of drug-likeness (QED) is 0.279. The molecule has 8 nitrogen and oxygen atoms in total. The maximum Gasteiger partial charge on any atom is 0.253 e. The monoisotopic (exact) mass is 599 g/mol. The number of carbonyl (C=O) groups excluding carboxylic acids is 3. The lowest BCUT2D eigenvalue weighted by Gasteiger charge is -2.39. The van der Waals surface area contributed by atoms with Crippen molar-refractivity contribution in [2.45, 2.75) is 64.2 Å². The second-order valence-corrected chi connectivity index (χ2v) is 12.7. The third kappa shape index (κ3) is 4.88. The number of benzene rings is 2. The van der Waals surface area contributed by atoms with Crippen molar-refractivity contribution in [2.75, 3.05) is 36.0 Å². The van der Waals surface area contributed by atoms with Crippen molar-refractivity contribution < 1.29 is 24.2 Å². The molecule has 2 bridgehead atoms. The van der Waals surface area contributed by atoms with Crippen molar-refractivity contribution >= 4 is 29.1 Å². The van der Waals surface area contributed by atoms with E-state index in [1.165, 1.54) is 0 Å². The number of nitrogens with zero attached hydrogens (tertiary/aromatic N) is 3. The molecule has 2 aromatic rings. The largest absolute Gasteiger partial charge is 0.396 e. The van der Waals surface area contributed by atoms with Gasteiger partial charge in [-0.3, -0.25) is 14.4 Å². The molecule has 3 heterocycles. The molecule has 3 amide bonds. The molecule has 0 saturated carbocycles. The lowest BCUT2D eigenvalue weighted by atomic mass is 9.62. The van der Waals surface area contributed by atoms with Gasteiger partial charge in [0.25, 0.3) is 5.91 Å². The predicted molar refractivity (Wildman–Crippen MR) is 172 cm³/mol. The van der Waals surface area contributed by atoms with Gasteiger partial charge in [0, 0.05) is 37.6 Å². The molecule has 44 heavy (non-hydrogen) atoms. The summed E-state index contributed by atoms with van der Waals surface area (Å²) in [5, 5.41) is 9.54. The van der Waals surface area contributed by atoms with Crippen LogP contribution in [0, 0.1) is 31.6 Å². The van der Waals surface area contributed by atoms with E-state index in [1.54, 1.807) is 26.9 Å². The molecule has 234 valence electrons. The highest BCUT2D eigenvalue weighted by Gasteiger charge is 2.80. The standard InChI is InChI=1S/C36H45N3O5/c1-7-19-37(27-17-10-9-11-18-27)32(41)28-29-33(42)39(21-12-13-22-40)31(36(29)23-26(5)35(28,6)44-36)34(43)38(20-8-2)30-24(3)15-14-16-25(30)4/h7-11,14-18,26,28-29,31,40H,1-2,12-13,19-23H2,3-6H3/t26?,28-,29-,31?,35+,36?/m0/s1. The van der Waals surface area contributed by atoms with Crippen LogP contribution in [0.15, 0.2) is 73.8 Å². The minimum atomic E-state index is -1.17. The van der Waals surface area contributed by atoms with Crippen molar-refractivity contribution in [3.8, 4) is 0 Å². The Kier molecular flexibility index (Phi) is 8.87. The number of unbranched alkanes of at least 4 members (excludes halogenated alkanes) is 1. The van der Waals surface area contributed by atoms with Gasteiger partial charge in [0.05, 0.1) is 17.4 Å². The fourth-order valence-electron chi connectivity index (χ4n) is 8.06. The maximum atomic E-state index is 14.9. The van der Waals surface area contributed by atoms with Gasteiger partial charge < -0.3 is 24.5 Å². The van der Waals surface area contributed by atoms with Crippen LogP contribution in [0.4, 0.5) is 11.4 Å². The summed E-state index contributed by atoms with van der Waals surface area (Å²) in [6.45, 7) is 16.6. The van der Waals surface area contributed by atoms with Gasteiger partial charge in [-0.25, -0.2) is 0 Å². The molecule has 6 atom stereocenters. The van der Waals surface area contributed by atoms with E-state index >= 15 is 0 Å². The molecular formula is C36H45N3O5. The minimum Gasteiger partial charge on any atom is -0.396 e. The Morgan fingerprint density at radius 2 is 1.64 bits per heavy atom. The molecule has 3 fully saturated rings. The zero-order chi connectivity index (χ0) is 31.8. The molecule has 1 spiro atoms. The molecule has 1 N–H and O–H groups in total. The summed E-state index contributed by atoms with van der Waals surface area (Å²) in [5.74, 6) is -2.36. The molecule has 3 unspecified atom stereocenters. The molecule has 0 radical (unpaired) electrons. The highest BCUT2D eigenvalue weighted by molar-refractivity contribution is 6.07. The van der Waals surface area contributed by atoms with Gasteiger partial charge >= 0.3 is 0 Å². The van der Waals surface area contributed by atoms with E-state index in [1.807, 2.05) is 69.3 Å². The molecule has 3 aliphatic heterocycles. The summed E-state index contributed by atoms with van der Waals surface area (Å²) in [5.41, 5.74) is 1.28. The molecule has 5 rings (SSSR count). The Morgan fingerprint density at radius 3 is 2.25 bits per heavy atom. The number of ether oxygens (including phenoxy) is 1. The Bertz CT molecular complexity index is 1420. The van der Waals surface area contributed by atoms with Gasteiger partial charge in [-0.15, -0.1) is 13.2 Å². The molecule has 3 aliphatic rings. The van der Waals surface area contributed by atoms with E-state index in [-0.39, 0.29) is 49.9 Å². The number of rotatable bonds is 12. The van der Waals surface area contributed by atoms with Gasteiger partial charge in [0.15, 0.2) is 0 Å². The Morgan fingerprint density at radius 1 is 1.00 bits per heavy atom. The number of likely N-dealkylation sites (tertiary alicyclic amines) is 1. The van der Waals surface area contributed by atoms with Gasteiger partial charge in [0.1, 0.15) is 11.6 Å². The highest BCUT2D eigenvalue weighted by Crippen LogP contribution is 2.65. The maximum absolute atomic E-state index is 14.9. The van der Waals surface area contributed by atoms with Crippen molar-refractivity contribution in [1.82, 2.24) is 4.90 Å². The third-order valence-electron chi connectivity index (χ3n) is 10.1. The molecular weight excluding hydrogens is 554 g/mol. The summed E-state index contributed by atoms with van der Waals surface area (Å²) in [6, 6.07) is 14.4. The number of aryl methyl sites for hydroxylation is 2. The third-order valence-corrected chi connectivity index (χ3v) is 10.1. The summed E-state index contributed by atoms with van der Waals surface area (Å²) in [4.78, 5) is 49.2. The van der Waals surface area contributed by atoms with Crippen LogP contribution in [0.2, 0.25) is 0 Å². The van der Waals surface area contributed by atoms with Crippen LogP contribution in [0.3, 0.4) is 0 Å². The van der Waals surface area contributed by atoms with Crippen LogP contribution in [0.5, 0.6) is 0 Å². The molecule has 0 aromatic heterocycles. The zero-order valence-corrected chi connectivity index (χ0v) is 26.4. The zero-order valence-electron chi connectivity index (χ0n) is 26.4. The smallest absolute Gasteiger partial charge is 0.253 e. The predicted octanol–water partition coefficient (Wildman–Crippen LogP) is 4.82. The molecule has 8 heteroatoms. The summed E-state index contributed by atoms with van der Waals surface area (Å²) in [6.07, 6.45) is 4.88. The van der Waals surface area contributed by atoms with E-state index in [9.17, 15) is 19.5 Å². The number of aliphatic hydroxyl groups is 1. The first kappa shape index (κ1) is 31.7. The van der Waals surface area contributed by atoms with Crippen LogP contribution >= 0.6 is 0 Å². The number of para-hydroxylation sites is 2. The summed E-state index contributed by atoms with van der Waals surface area (Å²) in [7, 11) is 0. The fraction of sp³-hybridized carbons (Fsp3) is 0.472. The first-order valence-corrected chi connectivity index (χ1v) is 15.6. The normalized spacial score (nSPS) is 28.6. The number of fused-ring (bicyclic) bond motifs is 1. The number of carbonyl (C=O) groups is 3. The van der Waals surface area contributed by atoms with E-state index < -0.39 is 29.1 Å². The topological polar surface area (TPSA) is 90.4 Å². The first-order chi connectivity index (χ1) is 21.1. The first-order valence-electron chi connectivity index (χ1n) is 15.6. The summed E-state index contributed by atoms with van der Waals surface area (Å²) < 4.78 is 6.99. The Labute approximate surface area is 261 Å². The van der Waals surface area contributed by atoms with E-state index in [0.29, 0.717) is 19.3 Å². The van der Waals surface area contributed by atoms with Crippen molar-refractivity contribution in [3.05, 3.63) is 85.0 Å². The Hall–Kier alpha value is -3.75. The van der Waals surface area contributed by atoms with Crippen LogP contribution in [-0.4, -0.2) is 71.2 Å². The van der Waals surface area contributed by atoms with Gasteiger partial charge in [-0.2, -0.15) is 0 Å². The van der Waals surface area contributed by atoms with E-state index in [0.717, 1.165) is 22.5 Å². The van der Waals surface area contributed by atoms with Gasteiger partial charge in [-0.1, -0.05) is 55.5 Å². The number of hydrogen-bond acceptors (Lipinski definition) is 5. The number of anilines is 2. The molecule has 0 aliphatic carbocycles. The van der Waals surface area contributed by atoms with Crippen molar-refractivity contribution in [1.29, 1.82) is 0 Å². The molecule has 3 saturated heterocycles. The number of hydrogen-bond donors (Lipinski definition) is 1. The van der Waals surface area contributed by atoms with Crippen molar-refractivity contribution in [3.63, 3.8) is 0 Å².